The lowest BCUT2D eigenvalue weighted by molar-refractivity contribution is 0.353. The summed E-state index contributed by atoms with van der Waals surface area (Å²) in [6.07, 6.45) is 2.06. The van der Waals surface area contributed by atoms with Gasteiger partial charge in [0.1, 0.15) is 12.4 Å². The largest absolute Gasteiger partial charge is 0.489 e. The molecule has 3 rings (SSSR count). The van der Waals surface area contributed by atoms with E-state index < -0.39 is 0 Å². The van der Waals surface area contributed by atoms with Crippen molar-refractivity contribution in [2.24, 2.45) is 0 Å². The lowest BCUT2D eigenvalue weighted by atomic mass is 10.1. The van der Waals surface area contributed by atoms with Crippen LogP contribution in [-0.4, -0.2) is 16.0 Å². The van der Waals surface area contributed by atoms with Crippen molar-refractivity contribution in [3.8, 4) is 17.0 Å². The zero-order chi connectivity index (χ0) is 16.6. The molecule has 4 nitrogen and oxygen atoms in total. The second-order valence-corrected chi connectivity index (χ2v) is 5.98. The molecule has 0 atom stereocenters. The predicted octanol–water partition coefficient (Wildman–Crippen LogP) is 4.16. The molecule has 0 unspecified atom stereocenters. The molecule has 4 heteroatoms. The highest BCUT2D eigenvalue weighted by Crippen LogP contribution is 2.28. The molecule has 3 aromatic rings. The van der Waals surface area contributed by atoms with Crippen molar-refractivity contribution >= 4 is 11.3 Å². The average molecular weight is 307 g/mol. The minimum absolute atomic E-state index is 0.530. The number of nitrogen functional groups attached to an aromatic ring is 1. The zero-order valence-electron chi connectivity index (χ0n) is 13.8. The molecule has 1 aromatic carbocycles. The van der Waals surface area contributed by atoms with Gasteiger partial charge in [-0.25, -0.2) is 4.98 Å². The van der Waals surface area contributed by atoms with Crippen LogP contribution in [0.3, 0.4) is 0 Å². The molecule has 0 saturated carbocycles. The van der Waals surface area contributed by atoms with E-state index in [9.17, 15) is 0 Å². The number of ether oxygens (including phenoxy) is 1. The Balaban J connectivity index is 1.98. The molecule has 0 aliphatic heterocycles. The maximum Gasteiger partial charge on any atom is 0.160 e. The van der Waals surface area contributed by atoms with Crippen LogP contribution in [0.1, 0.15) is 18.2 Å². The van der Waals surface area contributed by atoms with Crippen LogP contribution in [0.2, 0.25) is 0 Å². The van der Waals surface area contributed by atoms with Crippen LogP contribution in [0.4, 0.5) is 5.69 Å². The third kappa shape index (κ3) is 2.93. The first kappa shape index (κ1) is 15.2. The number of rotatable bonds is 4. The number of nitrogens with two attached hydrogens (primary N) is 1. The number of aromatic nitrogens is 2. The third-order valence-electron chi connectivity index (χ3n) is 3.74. The molecule has 0 saturated heterocycles. The van der Waals surface area contributed by atoms with Crippen LogP contribution < -0.4 is 10.5 Å². The Morgan fingerprint density at radius 1 is 1.26 bits per heavy atom. The van der Waals surface area contributed by atoms with Gasteiger partial charge < -0.3 is 14.9 Å². The minimum atomic E-state index is 0.530. The zero-order valence-corrected chi connectivity index (χ0v) is 13.8. The Kier molecular flexibility index (Phi) is 3.82. The van der Waals surface area contributed by atoms with Gasteiger partial charge in [0, 0.05) is 17.5 Å². The summed E-state index contributed by atoms with van der Waals surface area (Å²) in [5.41, 5.74) is 12.8. The number of fused-ring (bicyclic) bond motifs is 1. The summed E-state index contributed by atoms with van der Waals surface area (Å²) < 4.78 is 7.68. The van der Waals surface area contributed by atoms with E-state index >= 15 is 0 Å². The Hall–Kier alpha value is -2.75. The monoisotopic (exact) mass is 307 g/mol. The number of anilines is 1. The van der Waals surface area contributed by atoms with Crippen molar-refractivity contribution in [1.29, 1.82) is 0 Å². The summed E-state index contributed by atoms with van der Waals surface area (Å²) in [4.78, 5) is 4.71. The van der Waals surface area contributed by atoms with Gasteiger partial charge in [0.15, 0.2) is 5.65 Å². The number of pyridine rings is 1. The number of benzene rings is 1. The Bertz CT molecular complexity index is 876. The summed E-state index contributed by atoms with van der Waals surface area (Å²) in [7, 11) is 0. The molecule has 0 radical (unpaired) electrons. The Morgan fingerprint density at radius 2 is 1.96 bits per heavy atom. The molecule has 0 aliphatic carbocycles. The fraction of sp³-hybridized carbons (Fsp3) is 0.211. The van der Waals surface area contributed by atoms with E-state index in [0.29, 0.717) is 12.3 Å². The summed E-state index contributed by atoms with van der Waals surface area (Å²) >= 11 is 0. The van der Waals surface area contributed by atoms with Crippen molar-refractivity contribution in [3.63, 3.8) is 0 Å². The van der Waals surface area contributed by atoms with E-state index in [1.807, 2.05) is 48.6 Å². The number of aryl methyl sites for hydroxylation is 2. The summed E-state index contributed by atoms with van der Waals surface area (Å²) in [5, 5.41) is 0. The van der Waals surface area contributed by atoms with Crippen LogP contribution in [0.25, 0.3) is 16.9 Å². The highest BCUT2D eigenvalue weighted by Gasteiger charge is 2.12. The van der Waals surface area contributed by atoms with E-state index in [0.717, 1.165) is 39.5 Å². The van der Waals surface area contributed by atoms with Gasteiger partial charge in [-0.05, 0) is 62.2 Å². The topological polar surface area (TPSA) is 52.5 Å². The molecule has 0 bridgehead atoms. The number of imidazole rings is 1. The van der Waals surface area contributed by atoms with Gasteiger partial charge >= 0.3 is 0 Å². The molecular weight excluding hydrogens is 286 g/mol. The predicted molar refractivity (Wildman–Crippen MR) is 94.8 cm³/mol. The quantitative estimate of drug-likeness (QED) is 0.736. The molecule has 0 spiro atoms. The maximum absolute atomic E-state index is 6.10. The summed E-state index contributed by atoms with van der Waals surface area (Å²) in [6, 6.07) is 9.89. The molecule has 2 aromatic heterocycles. The van der Waals surface area contributed by atoms with Crippen molar-refractivity contribution in [1.82, 2.24) is 9.38 Å². The molecule has 118 valence electrons. The Labute approximate surface area is 136 Å². The fourth-order valence-corrected chi connectivity index (χ4v) is 2.61. The number of hydrogen-bond donors (Lipinski definition) is 1. The normalized spacial score (nSPS) is 10.9. The smallest absolute Gasteiger partial charge is 0.160 e. The van der Waals surface area contributed by atoms with Gasteiger partial charge in [-0.2, -0.15) is 0 Å². The van der Waals surface area contributed by atoms with Gasteiger partial charge in [-0.15, -0.1) is 0 Å². The van der Waals surface area contributed by atoms with E-state index in [4.69, 9.17) is 15.5 Å². The van der Waals surface area contributed by atoms with Crippen molar-refractivity contribution in [3.05, 3.63) is 59.9 Å². The van der Waals surface area contributed by atoms with Gasteiger partial charge in [0.05, 0.1) is 11.4 Å². The summed E-state index contributed by atoms with van der Waals surface area (Å²) in [5.74, 6) is 0.827. The average Bonchev–Trinajstić information content (AvgIpc) is 2.83. The lowest BCUT2D eigenvalue weighted by Crippen LogP contribution is -1.97. The molecule has 0 aliphatic rings. The van der Waals surface area contributed by atoms with Crippen molar-refractivity contribution < 1.29 is 4.74 Å². The number of nitrogens with zero attached hydrogens (tertiary/aromatic N) is 2. The van der Waals surface area contributed by atoms with E-state index in [1.54, 1.807) is 0 Å². The van der Waals surface area contributed by atoms with Gasteiger partial charge in [0.2, 0.25) is 0 Å². The summed E-state index contributed by atoms with van der Waals surface area (Å²) in [6.45, 7) is 10.4. The fourth-order valence-electron chi connectivity index (χ4n) is 2.61. The molecule has 2 heterocycles. The molecular formula is C19H21N3O. The Morgan fingerprint density at radius 3 is 2.61 bits per heavy atom. The van der Waals surface area contributed by atoms with Crippen LogP contribution in [0, 0.1) is 13.8 Å². The van der Waals surface area contributed by atoms with E-state index in [2.05, 4.69) is 19.7 Å². The SMILES string of the molecule is C=C(C)COc1ccc(-c2nc3c(N)cc(C)cn3c2C)cc1. The van der Waals surface area contributed by atoms with Crippen LogP contribution >= 0.6 is 0 Å². The van der Waals surface area contributed by atoms with Gasteiger partial charge in [0.25, 0.3) is 0 Å². The van der Waals surface area contributed by atoms with Crippen molar-refractivity contribution in [2.45, 2.75) is 20.8 Å². The van der Waals surface area contributed by atoms with Crippen LogP contribution in [0.15, 0.2) is 48.7 Å². The lowest BCUT2D eigenvalue weighted by Gasteiger charge is -2.06. The molecule has 23 heavy (non-hydrogen) atoms. The molecule has 0 amide bonds. The second-order valence-electron chi connectivity index (χ2n) is 5.98. The van der Waals surface area contributed by atoms with Gasteiger partial charge in [-0.3, -0.25) is 0 Å². The highest BCUT2D eigenvalue weighted by atomic mass is 16.5. The second kappa shape index (κ2) is 5.80. The maximum atomic E-state index is 6.10. The third-order valence-corrected chi connectivity index (χ3v) is 3.74. The van der Waals surface area contributed by atoms with Crippen LogP contribution in [-0.2, 0) is 0 Å². The van der Waals surface area contributed by atoms with Crippen LogP contribution in [0.5, 0.6) is 5.75 Å². The first-order chi connectivity index (χ1) is 11.0. The molecule has 0 fully saturated rings. The first-order valence-electron chi connectivity index (χ1n) is 7.58. The van der Waals surface area contributed by atoms with E-state index in [1.165, 1.54) is 0 Å². The molecule has 2 N–H and O–H groups in total. The highest BCUT2D eigenvalue weighted by molar-refractivity contribution is 5.74. The number of hydrogen-bond acceptors (Lipinski definition) is 3. The standard InChI is InChI=1S/C19H21N3O/c1-12(2)11-23-16-7-5-15(6-8-16)18-14(4)22-10-13(3)9-17(20)19(22)21-18/h5-10H,1,11,20H2,2-4H3. The first-order valence-corrected chi connectivity index (χ1v) is 7.58. The minimum Gasteiger partial charge on any atom is -0.489 e. The van der Waals surface area contributed by atoms with Crippen molar-refractivity contribution in [2.75, 3.05) is 12.3 Å². The van der Waals surface area contributed by atoms with E-state index in [-0.39, 0.29) is 0 Å². The van der Waals surface area contributed by atoms with Gasteiger partial charge in [-0.1, -0.05) is 6.58 Å².